The van der Waals surface area contributed by atoms with Crippen molar-refractivity contribution in [1.29, 1.82) is 0 Å². The molecule has 5 nitrogen and oxygen atoms in total. The van der Waals surface area contributed by atoms with Crippen molar-refractivity contribution in [2.24, 2.45) is 0 Å². The summed E-state index contributed by atoms with van der Waals surface area (Å²) in [5.41, 5.74) is 1.97. The molecule has 140 valence electrons. The summed E-state index contributed by atoms with van der Waals surface area (Å²) >= 11 is 6.43. The lowest BCUT2D eigenvalue weighted by molar-refractivity contribution is -0.0961. The van der Waals surface area contributed by atoms with E-state index in [1.807, 2.05) is 48.5 Å². The van der Waals surface area contributed by atoms with E-state index in [-0.39, 0.29) is 32.0 Å². The van der Waals surface area contributed by atoms with Crippen LogP contribution in [0.1, 0.15) is 17.2 Å². The monoisotopic (exact) mass is 377 g/mol. The van der Waals surface area contributed by atoms with Crippen LogP contribution in [0.5, 0.6) is 5.75 Å². The molecule has 1 fully saturated rings. The van der Waals surface area contributed by atoms with E-state index >= 15 is 0 Å². The van der Waals surface area contributed by atoms with Crippen molar-refractivity contribution >= 4 is 11.6 Å². The molecule has 0 spiro atoms. The molecule has 26 heavy (non-hydrogen) atoms. The highest BCUT2D eigenvalue weighted by molar-refractivity contribution is 6.31. The fraction of sp³-hybridized carbons (Fsp3) is 0.400. The first-order valence-electron chi connectivity index (χ1n) is 8.77. The Hall–Kier alpha value is -1.63. The van der Waals surface area contributed by atoms with Crippen molar-refractivity contribution in [3.63, 3.8) is 0 Å². The first kappa shape index (κ1) is 19.1. The number of aliphatic hydroxyl groups is 2. The Kier molecular flexibility index (Phi) is 6.88. The van der Waals surface area contributed by atoms with Gasteiger partial charge in [0.05, 0.1) is 25.9 Å². The number of para-hydroxylation sites is 1. The van der Waals surface area contributed by atoms with Crippen LogP contribution in [0, 0.1) is 0 Å². The summed E-state index contributed by atoms with van der Waals surface area (Å²) in [6.45, 7) is 2.06. The lowest BCUT2D eigenvalue weighted by Gasteiger charge is -2.41. The van der Waals surface area contributed by atoms with Crippen LogP contribution in [0.3, 0.4) is 0 Å². The molecule has 1 aliphatic heterocycles. The van der Waals surface area contributed by atoms with Gasteiger partial charge in [-0.1, -0.05) is 48.0 Å². The highest BCUT2D eigenvalue weighted by Crippen LogP contribution is 2.35. The zero-order chi connectivity index (χ0) is 18.4. The van der Waals surface area contributed by atoms with Gasteiger partial charge in [0.15, 0.2) is 0 Å². The second-order valence-corrected chi connectivity index (χ2v) is 6.62. The summed E-state index contributed by atoms with van der Waals surface area (Å²) in [6, 6.07) is 15.3. The second kappa shape index (κ2) is 9.35. The van der Waals surface area contributed by atoms with Crippen molar-refractivity contribution in [3.8, 4) is 5.75 Å². The number of morpholine rings is 1. The molecule has 6 heteroatoms. The maximum absolute atomic E-state index is 9.82. The molecule has 0 aliphatic carbocycles. The van der Waals surface area contributed by atoms with Gasteiger partial charge in [0, 0.05) is 23.7 Å². The van der Waals surface area contributed by atoms with Gasteiger partial charge in [-0.2, -0.15) is 0 Å². The van der Waals surface area contributed by atoms with Gasteiger partial charge in [0.1, 0.15) is 18.5 Å². The highest BCUT2D eigenvalue weighted by atomic mass is 35.5. The standard InChI is InChI=1S/C20H24ClNO4/c21-17-7-3-2-6-16(17)20-19(14-24)25-11-9-22(20)13-15-5-1-4-8-18(15)26-12-10-23/h1-8,19-20,23-24H,9-14H2/t19-,20-/m0/s1. The molecule has 0 aromatic heterocycles. The van der Waals surface area contributed by atoms with Gasteiger partial charge in [0.25, 0.3) is 0 Å². The van der Waals surface area contributed by atoms with Gasteiger partial charge < -0.3 is 19.7 Å². The zero-order valence-corrected chi connectivity index (χ0v) is 15.3. The van der Waals surface area contributed by atoms with Gasteiger partial charge in [-0.3, -0.25) is 4.90 Å². The molecular formula is C20H24ClNO4. The number of rotatable bonds is 7. The summed E-state index contributed by atoms with van der Waals surface area (Å²) in [7, 11) is 0. The fourth-order valence-corrected chi connectivity index (χ4v) is 3.63. The maximum Gasteiger partial charge on any atom is 0.123 e. The predicted molar refractivity (Wildman–Crippen MR) is 100 cm³/mol. The highest BCUT2D eigenvalue weighted by Gasteiger charge is 2.34. The fourth-order valence-electron chi connectivity index (χ4n) is 3.38. The molecule has 1 heterocycles. The number of halogens is 1. The lowest BCUT2D eigenvalue weighted by atomic mass is 9.97. The number of hydrogen-bond acceptors (Lipinski definition) is 5. The Morgan fingerprint density at radius 3 is 2.65 bits per heavy atom. The van der Waals surface area contributed by atoms with E-state index in [2.05, 4.69) is 4.90 Å². The van der Waals surface area contributed by atoms with Gasteiger partial charge >= 0.3 is 0 Å². The Morgan fingerprint density at radius 2 is 1.88 bits per heavy atom. The summed E-state index contributed by atoms with van der Waals surface area (Å²) in [5, 5.41) is 19.5. The second-order valence-electron chi connectivity index (χ2n) is 6.21. The molecule has 0 amide bonds. The van der Waals surface area contributed by atoms with Gasteiger partial charge in [0.2, 0.25) is 0 Å². The van der Waals surface area contributed by atoms with Crippen LogP contribution in [0.2, 0.25) is 5.02 Å². The van der Waals surface area contributed by atoms with Crippen molar-refractivity contribution < 1.29 is 19.7 Å². The normalized spacial score (nSPS) is 20.9. The van der Waals surface area contributed by atoms with Crippen molar-refractivity contribution in [2.45, 2.75) is 18.7 Å². The minimum Gasteiger partial charge on any atom is -0.491 e. The van der Waals surface area contributed by atoms with Crippen molar-refractivity contribution in [2.75, 3.05) is 33.0 Å². The number of ether oxygens (including phenoxy) is 2. The summed E-state index contributed by atoms with van der Waals surface area (Å²) in [4.78, 5) is 2.26. The molecule has 0 bridgehead atoms. The number of nitrogens with zero attached hydrogens (tertiary/aromatic N) is 1. The van der Waals surface area contributed by atoms with Crippen molar-refractivity contribution in [3.05, 3.63) is 64.7 Å². The Labute approximate surface area is 158 Å². The Morgan fingerprint density at radius 1 is 1.12 bits per heavy atom. The van der Waals surface area contributed by atoms with Crippen LogP contribution in [-0.2, 0) is 11.3 Å². The third-order valence-corrected chi connectivity index (χ3v) is 4.90. The average Bonchev–Trinajstić information content (AvgIpc) is 2.68. The molecule has 2 aromatic rings. The number of hydrogen-bond donors (Lipinski definition) is 2. The van der Waals surface area contributed by atoms with Crippen LogP contribution in [-0.4, -0.2) is 54.2 Å². The predicted octanol–water partition coefficient (Wildman–Crippen LogP) is 2.65. The minimum absolute atomic E-state index is 0.0271. The van der Waals surface area contributed by atoms with Crippen LogP contribution < -0.4 is 4.74 Å². The van der Waals surface area contributed by atoms with E-state index in [9.17, 15) is 5.11 Å². The molecule has 2 aromatic carbocycles. The van der Waals surface area contributed by atoms with Gasteiger partial charge in [-0.15, -0.1) is 0 Å². The molecule has 2 N–H and O–H groups in total. The van der Waals surface area contributed by atoms with E-state index in [1.165, 1.54) is 0 Å². The van der Waals surface area contributed by atoms with E-state index in [4.69, 9.17) is 26.2 Å². The molecule has 0 saturated carbocycles. The molecule has 1 saturated heterocycles. The zero-order valence-electron chi connectivity index (χ0n) is 14.6. The molecular weight excluding hydrogens is 354 g/mol. The molecule has 2 atom stereocenters. The lowest BCUT2D eigenvalue weighted by Crippen LogP contribution is -2.46. The van der Waals surface area contributed by atoms with Crippen LogP contribution >= 0.6 is 11.6 Å². The summed E-state index contributed by atoms with van der Waals surface area (Å²) in [5.74, 6) is 0.756. The first-order valence-corrected chi connectivity index (χ1v) is 9.15. The molecule has 1 aliphatic rings. The average molecular weight is 378 g/mol. The topological polar surface area (TPSA) is 62.2 Å². The van der Waals surface area contributed by atoms with E-state index < -0.39 is 0 Å². The Balaban J connectivity index is 1.88. The first-order chi connectivity index (χ1) is 12.7. The van der Waals surface area contributed by atoms with Gasteiger partial charge in [-0.05, 0) is 17.7 Å². The molecule has 0 unspecified atom stereocenters. The smallest absolute Gasteiger partial charge is 0.123 e. The minimum atomic E-state index is -0.339. The van der Waals surface area contributed by atoms with Gasteiger partial charge in [-0.25, -0.2) is 0 Å². The summed E-state index contributed by atoms with van der Waals surface area (Å²) < 4.78 is 11.5. The van der Waals surface area contributed by atoms with E-state index in [1.54, 1.807) is 0 Å². The van der Waals surface area contributed by atoms with Crippen LogP contribution in [0.25, 0.3) is 0 Å². The maximum atomic E-state index is 9.82. The largest absolute Gasteiger partial charge is 0.491 e. The van der Waals surface area contributed by atoms with E-state index in [0.717, 1.165) is 23.4 Å². The molecule has 3 rings (SSSR count). The SMILES string of the molecule is OCCOc1ccccc1CN1CCO[C@@H](CO)[C@@H]1c1ccccc1Cl. The Bertz CT molecular complexity index is 712. The number of aliphatic hydroxyl groups excluding tert-OH is 2. The van der Waals surface area contributed by atoms with Crippen LogP contribution in [0.4, 0.5) is 0 Å². The molecule has 0 radical (unpaired) electrons. The summed E-state index contributed by atoms with van der Waals surface area (Å²) in [6.07, 6.45) is -0.339. The number of benzene rings is 2. The van der Waals surface area contributed by atoms with E-state index in [0.29, 0.717) is 18.2 Å². The van der Waals surface area contributed by atoms with Crippen LogP contribution in [0.15, 0.2) is 48.5 Å². The van der Waals surface area contributed by atoms with Crippen molar-refractivity contribution in [1.82, 2.24) is 4.90 Å². The third kappa shape index (κ3) is 4.37. The third-order valence-electron chi connectivity index (χ3n) is 4.55. The quantitative estimate of drug-likeness (QED) is 0.776.